The second kappa shape index (κ2) is 8.03. The Bertz CT molecular complexity index is 995. The van der Waals surface area contributed by atoms with Crippen LogP contribution in [-0.4, -0.2) is 28.3 Å². The summed E-state index contributed by atoms with van der Waals surface area (Å²) in [7, 11) is 0. The Morgan fingerprint density at radius 3 is 2.94 bits per heavy atom. The largest absolute Gasteiger partial charge is 0.346 e. The third kappa shape index (κ3) is 3.48. The molecule has 5 rings (SSSR count). The van der Waals surface area contributed by atoms with Gasteiger partial charge in [-0.25, -0.2) is 9.07 Å². The Hall–Kier alpha value is -2.24. The summed E-state index contributed by atoms with van der Waals surface area (Å²) in [6.07, 6.45) is 14.7. The number of rotatable bonds is 6. The quantitative estimate of drug-likeness (QED) is 0.423. The molecular formula is C26H31FN2O2. The summed E-state index contributed by atoms with van der Waals surface area (Å²) in [5.41, 5.74) is 4.35. The highest BCUT2D eigenvalue weighted by atomic mass is 19.1. The first-order chi connectivity index (χ1) is 15.0. The normalized spacial score (nSPS) is 29.5. The third-order valence-corrected chi connectivity index (χ3v) is 7.36. The number of ether oxygens (including phenoxy) is 2. The Morgan fingerprint density at radius 2 is 2.13 bits per heavy atom. The lowest BCUT2D eigenvalue weighted by Crippen LogP contribution is -2.53. The molecule has 31 heavy (non-hydrogen) atoms. The van der Waals surface area contributed by atoms with Crippen molar-refractivity contribution in [1.29, 1.82) is 0 Å². The fourth-order valence-electron chi connectivity index (χ4n) is 5.59. The Morgan fingerprint density at radius 1 is 1.29 bits per heavy atom. The molecule has 1 saturated heterocycles. The van der Waals surface area contributed by atoms with Crippen LogP contribution in [0, 0.1) is 11.2 Å². The maximum Gasteiger partial charge on any atom is 0.178 e. The average molecular weight is 423 g/mol. The molecule has 2 unspecified atom stereocenters. The highest BCUT2D eigenvalue weighted by molar-refractivity contribution is 5.62. The van der Waals surface area contributed by atoms with Gasteiger partial charge in [0.25, 0.3) is 0 Å². The molecular weight excluding hydrogens is 391 g/mol. The molecule has 1 spiro atoms. The molecule has 1 saturated carbocycles. The van der Waals surface area contributed by atoms with Crippen molar-refractivity contribution in [2.45, 2.75) is 70.2 Å². The van der Waals surface area contributed by atoms with E-state index in [4.69, 9.17) is 9.47 Å². The number of unbranched alkanes of at least 4 members (excludes halogenated alkanes) is 2. The van der Waals surface area contributed by atoms with Crippen molar-refractivity contribution in [1.82, 2.24) is 9.78 Å². The second-order valence-corrected chi connectivity index (χ2v) is 9.35. The first-order valence-electron chi connectivity index (χ1n) is 11.5. The SMILES string of the molecule is C=CCCCCC1COC2(CCCC3=Cc4c(cnn4-c4ccc(F)cc4)C[C@@]32C)O1. The fourth-order valence-corrected chi connectivity index (χ4v) is 5.59. The zero-order valence-electron chi connectivity index (χ0n) is 18.3. The molecule has 164 valence electrons. The van der Waals surface area contributed by atoms with E-state index in [0.717, 1.165) is 62.7 Å². The number of aromatic nitrogens is 2. The Labute approximate surface area is 183 Å². The van der Waals surface area contributed by atoms with Crippen LogP contribution in [-0.2, 0) is 15.9 Å². The van der Waals surface area contributed by atoms with Gasteiger partial charge in [0.2, 0.25) is 0 Å². The van der Waals surface area contributed by atoms with Crippen molar-refractivity contribution >= 4 is 6.08 Å². The first-order valence-corrected chi connectivity index (χ1v) is 11.5. The van der Waals surface area contributed by atoms with Crippen molar-refractivity contribution in [3.8, 4) is 5.69 Å². The minimum atomic E-state index is -0.546. The molecule has 3 aliphatic rings. The monoisotopic (exact) mass is 422 g/mol. The summed E-state index contributed by atoms with van der Waals surface area (Å²) >= 11 is 0. The van der Waals surface area contributed by atoms with Gasteiger partial charge in [-0.3, -0.25) is 0 Å². The molecule has 0 amide bonds. The van der Waals surface area contributed by atoms with Gasteiger partial charge >= 0.3 is 0 Å². The van der Waals surface area contributed by atoms with Crippen LogP contribution < -0.4 is 0 Å². The molecule has 1 aliphatic heterocycles. The van der Waals surface area contributed by atoms with E-state index in [9.17, 15) is 4.39 Å². The molecule has 0 radical (unpaired) electrons. The molecule has 2 fully saturated rings. The van der Waals surface area contributed by atoms with Crippen molar-refractivity contribution in [2.75, 3.05) is 6.61 Å². The number of fused-ring (bicyclic) bond motifs is 3. The molecule has 3 atom stereocenters. The Balaban J connectivity index is 1.41. The number of allylic oxidation sites excluding steroid dienone is 1. The maximum atomic E-state index is 13.4. The van der Waals surface area contributed by atoms with Gasteiger partial charge in [-0.15, -0.1) is 6.58 Å². The van der Waals surface area contributed by atoms with Crippen LogP contribution in [0.3, 0.4) is 0 Å². The standard InChI is InChI=1S/C26H31FN2O2/c1-3-4-5-6-9-23-18-30-26(31-23)14-7-8-20-15-24-19(16-25(20,26)2)17-28-29(24)22-12-10-21(27)11-13-22/h3,10-13,15,17,23H,1,4-9,14,16,18H2,2H3/t23?,25-,26?/m0/s1. The predicted octanol–water partition coefficient (Wildman–Crippen LogP) is 6.00. The van der Waals surface area contributed by atoms with Gasteiger partial charge in [-0.05, 0) is 74.4 Å². The second-order valence-electron chi connectivity index (χ2n) is 9.35. The van der Waals surface area contributed by atoms with E-state index in [2.05, 4.69) is 24.7 Å². The van der Waals surface area contributed by atoms with E-state index in [1.807, 2.05) is 17.0 Å². The predicted molar refractivity (Wildman–Crippen MR) is 119 cm³/mol. The van der Waals surface area contributed by atoms with E-state index < -0.39 is 5.79 Å². The van der Waals surface area contributed by atoms with Gasteiger partial charge in [0, 0.05) is 11.8 Å². The number of hydrogen-bond donors (Lipinski definition) is 0. The molecule has 0 bridgehead atoms. The summed E-state index contributed by atoms with van der Waals surface area (Å²) < 4.78 is 28.5. The molecule has 1 aromatic carbocycles. The number of nitrogens with zero attached hydrogens (tertiary/aromatic N) is 2. The fraction of sp³-hybridized carbons (Fsp3) is 0.500. The first kappa shape index (κ1) is 20.7. The van der Waals surface area contributed by atoms with Crippen LogP contribution in [0.1, 0.15) is 63.1 Å². The van der Waals surface area contributed by atoms with Gasteiger partial charge in [0.1, 0.15) is 5.82 Å². The van der Waals surface area contributed by atoms with Gasteiger partial charge < -0.3 is 9.47 Å². The molecule has 2 aliphatic carbocycles. The molecule has 0 N–H and O–H groups in total. The number of hydrogen-bond acceptors (Lipinski definition) is 3. The molecule has 2 heterocycles. The van der Waals surface area contributed by atoms with Crippen LogP contribution in [0.4, 0.5) is 4.39 Å². The lowest BCUT2D eigenvalue weighted by atomic mass is 9.62. The third-order valence-electron chi connectivity index (χ3n) is 7.36. The van der Waals surface area contributed by atoms with Crippen LogP contribution >= 0.6 is 0 Å². The van der Waals surface area contributed by atoms with Crippen LogP contribution in [0.25, 0.3) is 11.8 Å². The highest BCUT2D eigenvalue weighted by Gasteiger charge is 2.59. The van der Waals surface area contributed by atoms with E-state index in [0.29, 0.717) is 6.61 Å². The van der Waals surface area contributed by atoms with E-state index in [1.165, 1.54) is 23.3 Å². The number of halogens is 1. The molecule has 4 nitrogen and oxygen atoms in total. The zero-order chi connectivity index (χ0) is 21.5. The van der Waals surface area contributed by atoms with Gasteiger partial charge in [-0.2, -0.15) is 5.10 Å². The maximum absolute atomic E-state index is 13.4. The van der Waals surface area contributed by atoms with Crippen molar-refractivity contribution in [3.05, 3.63) is 65.8 Å². The van der Waals surface area contributed by atoms with Crippen molar-refractivity contribution in [2.24, 2.45) is 5.41 Å². The van der Waals surface area contributed by atoms with E-state index in [1.54, 1.807) is 12.1 Å². The summed E-state index contributed by atoms with van der Waals surface area (Å²) in [6, 6.07) is 6.51. The minimum Gasteiger partial charge on any atom is -0.346 e. The lowest BCUT2D eigenvalue weighted by molar-refractivity contribution is -0.242. The van der Waals surface area contributed by atoms with Crippen LogP contribution in [0.5, 0.6) is 0 Å². The van der Waals surface area contributed by atoms with Crippen molar-refractivity contribution in [3.63, 3.8) is 0 Å². The highest BCUT2D eigenvalue weighted by Crippen LogP contribution is 2.57. The van der Waals surface area contributed by atoms with Crippen molar-refractivity contribution < 1.29 is 13.9 Å². The van der Waals surface area contributed by atoms with Crippen LogP contribution in [0.15, 0.2) is 48.7 Å². The van der Waals surface area contributed by atoms with Gasteiger partial charge in [-0.1, -0.05) is 25.0 Å². The lowest BCUT2D eigenvalue weighted by Gasteiger charge is -2.51. The van der Waals surface area contributed by atoms with Gasteiger partial charge in [0.15, 0.2) is 5.79 Å². The van der Waals surface area contributed by atoms with Gasteiger partial charge in [0.05, 0.1) is 30.3 Å². The molecule has 2 aromatic rings. The molecule has 5 heteroatoms. The smallest absolute Gasteiger partial charge is 0.178 e. The molecule has 1 aromatic heterocycles. The Kier molecular flexibility index (Phi) is 5.35. The van der Waals surface area contributed by atoms with E-state index >= 15 is 0 Å². The minimum absolute atomic E-state index is 0.171. The summed E-state index contributed by atoms with van der Waals surface area (Å²) in [6.45, 7) is 6.79. The summed E-state index contributed by atoms with van der Waals surface area (Å²) in [5, 5.41) is 4.63. The van der Waals surface area contributed by atoms with Crippen LogP contribution in [0.2, 0.25) is 0 Å². The zero-order valence-corrected chi connectivity index (χ0v) is 18.3. The summed E-state index contributed by atoms with van der Waals surface area (Å²) in [5.74, 6) is -0.782. The summed E-state index contributed by atoms with van der Waals surface area (Å²) in [4.78, 5) is 0. The average Bonchev–Trinajstić information content (AvgIpc) is 3.36. The topological polar surface area (TPSA) is 36.3 Å². The number of benzene rings is 1. The van der Waals surface area contributed by atoms with E-state index in [-0.39, 0.29) is 17.3 Å².